The maximum absolute atomic E-state index is 5.16. The second-order valence-electron chi connectivity index (χ2n) is 4.12. The van der Waals surface area contributed by atoms with E-state index in [0.29, 0.717) is 6.61 Å². The number of methoxy groups -OCH3 is 1. The molecule has 5 heteroatoms. The van der Waals surface area contributed by atoms with Crippen molar-refractivity contribution in [3.63, 3.8) is 0 Å². The summed E-state index contributed by atoms with van der Waals surface area (Å²) >= 11 is 0. The second kappa shape index (κ2) is 6.39. The van der Waals surface area contributed by atoms with Gasteiger partial charge in [0.2, 0.25) is 0 Å². The van der Waals surface area contributed by atoms with Crippen molar-refractivity contribution in [2.45, 2.75) is 26.8 Å². The molecule has 0 amide bonds. The molecule has 0 radical (unpaired) electrons. The van der Waals surface area contributed by atoms with E-state index >= 15 is 0 Å². The van der Waals surface area contributed by atoms with Crippen LogP contribution in [0.1, 0.15) is 19.4 Å². The normalized spacial score (nSPS) is 12.3. The summed E-state index contributed by atoms with van der Waals surface area (Å²) in [6, 6.07) is 0.281. The smallest absolute Gasteiger partial charge is 0.137 e. The molecule has 0 aliphatic rings. The largest absolute Gasteiger partial charge is 0.383 e. The Labute approximate surface area is 103 Å². The topological polar surface area (TPSA) is 50.3 Å². The number of hydrogen-bond acceptors (Lipinski definition) is 5. The van der Waals surface area contributed by atoms with Gasteiger partial charge in [0.1, 0.15) is 18.0 Å². The summed E-state index contributed by atoms with van der Waals surface area (Å²) in [6.07, 6.45) is 1.59. The van der Waals surface area contributed by atoms with Crippen LogP contribution in [0, 0.1) is 6.92 Å². The van der Waals surface area contributed by atoms with Gasteiger partial charge in [-0.3, -0.25) is 0 Å². The van der Waals surface area contributed by atoms with E-state index in [9.17, 15) is 0 Å². The zero-order valence-corrected chi connectivity index (χ0v) is 11.3. The number of hydrogen-bond donors (Lipinski definition) is 1. The average Bonchev–Trinajstić information content (AvgIpc) is 2.31. The summed E-state index contributed by atoms with van der Waals surface area (Å²) < 4.78 is 5.16. The molecule has 1 aromatic rings. The zero-order valence-electron chi connectivity index (χ0n) is 11.3. The predicted molar refractivity (Wildman–Crippen MR) is 70.7 cm³/mol. The summed E-state index contributed by atoms with van der Waals surface area (Å²) in [5, 5.41) is 3.23. The molecule has 1 atom stereocenters. The van der Waals surface area contributed by atoms with Gasteiger partial charge >= 0.3 is 0 Å². The Morgan fingerprint density at radius 2 is 2.18 bits per heavy atom. The van der Waals surface area contributed by atoms with Crippen molar-refractivity contribution >= 4 is 11.6 Å². The van der Waals surface area contributed by atoms with Gasteiger partial charge in [-0.15, -0.1) is 0 Å². The number of nitrogens with zero attached hydrogens (tertiary/aromatic N) is 3. The van der Waals surface area contributed by atoms with Crippen LogP contribution in [0.4, 0.5) is 11.6 Å². The maximum atomic E-state index is 5.16. The lowest BCUT2D eigenvalue weighted by molar-refractivity contribution is 0.183. The molecule has 1 rings (SSSR count). The summed E-state index contributed by atoms with van der Waals surface area (Å²) in [5.41, 5.74) is 1.07. The van der Waals surface area contributed by atoms with Crippen molar-refractivity contribution in [3.8, 4) is 0 Å². The standard InChI is InChI=1S/C12H22N4O/c1-6-13-11-10(3)12(15-8-14-11)16(4)9(2)7-17-5/h8-9H,6-7H2,1-5H3,(H,13,14,15). The molecular weight excluding hydrogens is 216 g/mol. The quantitative estimate of drug-likeness (QED) is 0.817. The van der Waals surface area contributed by atoms with E-state index in [1.165, 1.54) is 0 Å². The highest BCUT2D eigenvalue weighted by Crippen LogP contribution is 2.22. The average molecular weight is 238 g/mol. The fourth-order valence-corrected chi connectivity index (χ4v) is 1.70. The van der Waals surface area contributed by atoms with E-state index < -0.39 is 0 Å². The fourth-order valence-electron chi connectivity index (χ4n) is 1.70. The Hall–Kier alpha value is -1.36. The van der Waals surface area contributed by atoms with Gasteiger partial charge < -0.3 is 15.0 Å². The lowest BCUT2D eigenvalue weighted by atomic mass is 10.2. The Morgan fingerprint density at radius 3 is 2.76 bits per heavy atom. The van der Waals surface area contributed by atoms with E-state index in [-0.39, 0.29) is 6.04 Å². The molecule has 1 heterocycles. The Kier molecular flexibility index (Phi) is 5.15. The van der Waals surface area contributed by atoms with Crippen molar-refractivity contribution in [2.24, 2.45) is 0 Å². The minimum absolute atomic E-state index is 0.281. The molecule has 0 aliphatic carbocycles. The van der Waals surface area contributed by atoms with E-state index in [1.54, 1.807) is 13.4 Å². The molecule has 1 aromatic heterocycles. The highest BCUT2D eigenvalue weighted by atomic mass is 16.5. The third-order valence-electron chi connectivity index (χ3n) is 2.80. The first kappa shape index (κ1) is 13.7. The van der Waals surface area contributed by atoms with Gasteiger partial charge in [-0.25, -0.2) is 9.97 Å². The van der Waals surface area contributed by atoms with Gasteiger partial charge in [0.25, 0.3) is 0 Å². The summed E-state index contributed by atoms with van der Waals surface area (Å²) in [4.78, 5) is 10.7. The molecule has 0 spiro atoms. The van der Waals surface area contributed by atoms with E-state index in [4.69, 9.17) is 4.74 Å². The van der Waals surface area contributed by atoms with Crippen LogP contribution in [0.15, 0.2) is 6.33 Å². The first-order valence-corrected chi connectivity index (χ1v) is 5.89. The van der Waals surface area contributed by atoms with Crippen LogP contribution in [0.25, 0.3) is 0 Å². The Balaban J connectivity index is 2.93. The molecule has 0 saturated heterocycles. The molecule has 0 aliphatic heterocycles. The van der Waals surface area contributed by atoms with Gasteiger partial charge in [-0.1, -0.05) is 0 Å². The van der Waals surface area contributed by atoms with Crippen LogP contribution in [0.5, 0.6) is 0 Å². The first-order chi connectivity index (χ1) is 8.11. The molecule has 1 N–H and O–H groups in total. The number of ether oxygens (including phenoxy) is 1. The molecular formula is C12H22N4O. The van der Waals surface area contributed by atoms with Crippen LogP contribution in [0.2, 0.25) is 0 Å². The minimum Gasteiger partial charge on any atom is -0.383 e. The summed E-state index contributed by atoms with van der Waals surface area (Å²) in [7, 11) is 3.73. The van der Waals surface area contributed by atoms with Crippen LogP contribution >= 0.6 is 0 Å². The van der Waals surface area contributed by atoms with E-state index in [0.717, 1.165) is 23.7 Å². The van der Waals surface area contributed by atoms with Gasteiger partial charge in [0, 0.05) is 26.3 Å². The predicted octanol–water partition coefficient (Wildman–Crippen LogP) is 1.69. The van der Waals surface area contributed by atoms with Crippen LogP contribution in [-0.2, 0) is 4.74 Å². The molecule has 5 nitrogen and oxygen atoms in total. The molecule has 96 valence electrons. The molecule has 17 heavy (non-hydrogen) atoms. The fraction of sp³-hybridized carbons (Fsp3) is 0.667. The van der Waals surface area contributed by atoms with Gasteiger partial charge in [0.05, 0.1) is 12.6 Å². The summed E-state index contributed by atoms with van der Waals surface area (Å²) in [6.45, 7) is 7.73. The highest BCUT2D eigenvalue weighted by molar-refractivity contribution is 5.57. The third-order valence-corrected chi connectivity index (χ3v) is 2.80. The monoisotopic (exact) mass is 238 g/mol. The number of anilines is 2. The lowest BCUT2D eigenvalue weighted by Gasteiger charge is -2.27. The molecule has 0 aromatic carbocycles. The van der Waals surface area contributed by atoms with Crippen LogP contribution in [0.3, 0.4) is 0 Å². The van der Waals surface area contributed by atoms with Crippen molar-refractivity contribution in [3.05, 3.63) is 11.9 Å². The summed E-state index contributed by atoms with van der Waals surface area (Å²) in [5.74, 6) is 1.84. The second-order valence-corrected chi connectivity index (χ2v) is 4.12. The lowest BCUT2D eigenvalue weighted by Crippen LogP contribution is -2.34. The third kappa shape index (κ3) is 3.30. The molecule has 0 saturated carbocycles. The SMILES string of the molecule is CCNc1ncnc(N(C)C(C)COC)c1C. The molecule has 1 unspecified atom stereocenters. The van der Waals surface area contributed by atoms with Crippen molar-refractivity contribution in [1.29, 1.82) is 0 Å². The van der Waals surface area contributed by atoms with Crippen LogP contribution in [-0.4, -0.2) is 43.3 Å². The van der Waals surface area contributed by atoms with Crippen molar-refractivity contribution in [2.75, 3.05) is 37.5 Å². The highest BCUT2D eigenvalue weighted by Gasteiger charge is 2.15. The maximum Gasteiger partial charge on any atom is 0.137 e. The van der Waals surface area contributed by atoms with Gasteiger partial charge in [-0.2, -0.15) is 0 Å². The number of aromatic nitrogens is 2. The number of nitrogens with one attached hydrogen (secondary N) is 1. The first-order valence-electron chi connectivity index (χ1n) is 5.89. The molecule has 0 fully saturated rings. The van der Waals surface area contributed by atoms with Crippen molar-refractivity contribution in [1.82, 2.24) is 9.97 Å². The molecule has 0 bridgehead atoms. The zero-order chi connectivity index (χ0) is 12.8. The van der Waals surface area contributed by atoms with Gasteiger partial charge in [-0.05, 0) is 20.8 Å². The Morgan fingerprint density at radius 1 is 1.47 bits per heavy atom. The van der Waals surface area contributed by atoms with Crippen LogP contribution < -0.4 is 10.2 Å². The Bertz CT molecular complexity index is 356. The van der Waals surface area contributed by atoms with E-state index in [1.807, 2.05) is 14.0 Å². The van der Waals surface area contributed by atoms with Gasteiger partial charge in [0.15, 0.2) is 0 Å². The number of rotatable bonds is 6. The number of likely N-dealkylation sites (N-methyl/N-ethyl adjacent to an activating group) is 1. The minimum atomic E-state index is 0.281. The van der Waals surface area contributed by atoms with Crippen molar-refractivity contribution < 1.29 is 4.74 Å². The van der Waals surface area contributed by atoms with E-state index in [2.05, 4.69) is 34.0 Å².